The van der Waals surface area contributed by atoms with Crippen LogP contribution in [0.3, 0.4) is 0 Å². The van der Waals surface area contributed by atoms with Crippen LogP contribution in [0.5, 0.6) is 0 Å². The van der Waals surface area contributed by atoms with E-state index in [0.29, 0.717) is 20.7 Å². The summed E-state index contributed by atoms with van der Waals surface area (Å²) in [7, 11) is 1.62. The fraction of sp³-hybridized carbons (Fsp3) is 0.417. The van der Waals surface area contributed by atoms with Crippen molar-refractivity contribution in [1.82, 2.24) is 14.9 Å². The molecule has 1 atom stereocenters. The van der Waals surface area contributed by atoms with E-state index in [9.17, 15) is 9.59 Å². The fourth-order valence-electron chi connectivity index (χ4n) is 1.75. The van der Waals surface area contributed by atoms with Crippen molar-refractivity contribution < 1.29 is 9.90 Å². The van der Waals surface area contributed by atoms with E-state index in [1.165, 1.54) is 22.2 Å². The molecule has 0 saturated carbocycles. The van der Waals surface area contributed by atoms with Crippen molar-refractivity contribution in [1.29, 1.82) is 0 Å². The van der Waals surface area contributed by atoms with E-state index < -0.39 is 6.10 Å². The third-order valence-electron chi connectivity index (χ3n) is 2.77. The standard InChI is InChI=1S/C12H15N3O3S/c1-6(16)4-13-10(17)9-7(2)8-11(19-9)14-5-15(3)12(8)18/h5-6,16H,4H2,1-3H3,(H,13,17). The molecule has 0 saturated heterocycles. The Morgan fingerprint density at radius 2 is 2.32 bits per heavy atom. The van der Waals surface area contributed by atoms with Gasteiger partial charge in [-0.3, -0.25) is 9.59 Å². The van der Waals surface area contributed by atoms with Gasteiger partial charge in [0.2, 0.25) is 0 Å². The van der Waals surface area contributed by atoms with Gasteiger partial charge in [-0.1, -0.05) is 0 Å². The van der Waals surface area contributed by atoms with Gasteiger partial charge < -0.3 is 15.0 Å². The van der Waals surface area contributed by atoms with Crippen LogP contribution in [0.25, 0.3) is 10.2 Å². The fourth-order valence-corrected chi connectivity index (χ4v) is 2.80. The van der Waals surface area contributed by atoms with Crippen LogP contribution in [-0.2, 0) is 7.05 Å². The van der Waals surface area contributed by atoms with Crippen molar-refractivity contribution in [3.63, 3.8) is 0 Å². The Bertz CT molecular complexity index is 687. The number of aromatic nitrogens is 2. The van der Waals surface area contributed by atoms with Gasteiger partial charge in [-0.15, -0.1) is 11.3 Å². The van der Waals surface area contributed by atoms with Crippen molar-refractivity contribution in [2.75, 3.05) is 6.54 Å². The minimum Gasteiger partial charge on any atom is -0.392 e. The zero-order valence-corrected chi connectivity index (χ0v) is 11.7. The summed E-state index contributed by atoms with van der Waals surface area (Å²) in [6.45, 7) is 3.51. The second kappa shape index (κ2) is 5.10. The lowest BCUT2D eigenvalue weighted by molar-refractivity contribution is 0.0927. The maximum Gasteiger partial charge on any atom is 0.262 e. The molecular weight excluding hydrogens is 266 g/mol. The van der Waals surface area contributed by atoms with Crippen LogP contribution in [0.1, 0.15) is 22.2 Å². The Balaban J connectivity index is 2.46. The van der Waals surface area contributed by atoms with Crippen LogP contribution < -0.4 is 10.9 Å². The van der Waals surface area contributed by atoms with Crippen LogP contribution in [0.15, 0.2) is 11.1 Å². The summed E-state index contributed by atoms with van der Waals surface area (Å²) < 4.78 is 1.39. The molecule has 102 valence electrons. The zero-order chi connectivity index (χ0) is 14.2. The Hall–Kier alpha value is -1.73. The Morgan fingerprint density at radius 1 is 1.63 bits per heavy atom. The lowest BCUT2D eigenvalue weighted by atomic mass is 10.2. The molecule has 0 fully saturated rings. The van der Waals surface area contributed by atoms with Gasteiger partial charge in [0.25, 0.3) is 11.5 Å². The maximum absolute atomic E-state index is 12.0. The van der Waals surface area contributed by atoms with E-state index in [2.05, 4.69) is 10.3 Å². The molecule has 2 N–H and O–H groups in total. The first-order valence-corrected chi connectivity index (χ1v) is 6.64. The summed E-state index contributed by atoms with van der Waals surface area (Å²) >= 11 is 1.19. The second-order valence-electron chi connectivity index (χ2n) is 4.46. The quantitative estimate of drug-likeness (QED) is 0.853. The van der Waals surface area contributed by atoms with Crippen LogP contribution in [0.4, 0.5) is 0 Å². The van der Waals surface area contributed by atoms with Gasteiger partial charge in [-0.05, 0) is 19.4 Å². The van der Waals surface area contributed by atoms with E-state index in [1.807, 2.05) is 0 Å². The van der Waals surface area contributed by atoms with Crippen LogP contribution in [-0.4, -0.2) is 33.2 Å². The topological polar surface area (TPSA) is 84.2 Å². The van der Waals surface area contributed by atoms with E-state index in [-0.39, 0.29) is 18.0 Å². The van der Waals surface area contributed by atoms with E-state index in [0.717, 1.165) is 0 Å². The van der Waals surface area contributed by atoms with Crippen LogP contribution in [0.2, 0.25) is 0 Å². The summed E-state index contributed by atoms with van der Waals surface area (Å²) in [5, 5.41) is 12.3. The monoisotopic (exact) mass is 281 g/mol. The number of aryl methyl sites for hydroxylation is 2. The molecular formula is C12H15N3O3S. The molecule has 0 bridgehead atoms. The predicted octanol–water partition coefficient (Wildman–Crippen LogP) is 0.414. The zero-order valence-electron chi connectivity index (χ0n) is 10.9. The molecule has 0 aromatic carbocycles. The molecule has 0 aliphatic carbocycles. The maximum atomic E-state index is 12.0. The highest BCUT2D eigenvalue weighted by atomic mass is 32.1. The first kappa shape index (κ1) is 13.7. The SMILES string of the molecule is Cc1c(C(=O)NCC(C)O)sc2ncn(C)c(=O)c12. The summed E-state index contributed by atoms with van der Waals surface area (Å²) in [5.41, 5.74) is 0.477. The first-order chi connectivity index (χ1) is 8.91. The molecule has 2 heterocycles. The molecule has 2 aromatic heterocycles. The molecule has 2 aromatic rings. The molecule has 0 spiro atoms. The lowest BCUT2D eigenvalue weighted by Crippen LogP contribution is -2.30. The number of aliphatic hydroxyl groups is 1. The van der Waals surface area contributed by atoms with Crippen molar-refractivity contribution in [2.24, 2.45) is 7.05 Å². The largest absolute Gasteiger partial charge is 0.392 e. The number of amides is 1. The Kier molecular flexibility index (Phi) is 3.68. The number of thiophene rings is 1. The third kappa shape index (κ3) is 2.52. The number of fused-ring (bicyclic) bond motifs is 1. The van der Waals surface area contributed by atoms with Crippen molar-refractivity contribution >= 4 is 27.5 Å². The number of hydrogen-bond acceptors (Lipinski definition) is 5. The molecule has 7 heteroatoms. The number of hydrogen-bond donors (Lipinski definition) is 2. The van der Waals surface area contributed by atoms with Gasteiger partial charge in [0.15, 0.2) is 0 Å². The molecule has 6 nitrogen and oxygen atoms in total. The average Bonchev–Trinajstić information content (AvgIpc) is 2.69. The minimum absolute atomic E-state index is 0.159. The highest BCUT2D eigenvalue weighted by molar-refractivity contribution is 7.20. The molecule has 1 unspecified atom stereocenters. The molecule has 0 aliphatic heterocycles. The lowest BCUT2D eigenvalue weighted by Gasteiger charge is -2.05. The molecule has 0 aliphatic rings. The van der Waals surface area contributed by atoms with Crippen LogP contribution in [0, 0.1) is 6.92 Å². The third-order valence-corrected chi connectivity index (χ3v) is 3.97. The first-order valence-electron chi connectivity index (χ1n) is 5.82. The highest BCUT2D eigenvalue weighted by Gasteiger charge is 2.18. The molecule has 2 rings (SSSR count). The van der Waals surface area contributed by atoms with Gasteiger partial charge in [-0.2, -0.15) is 0 Å². The van der Waals surface area contributed by atoms with Gasteiger partial charge in [0.05, 0.1) is 22.7 Å². The van der Waals surface area contributed by atoms with Crippen molar-refractivity contribution in [2.45, 2.75) is 20.0 Å². The summed E-state index contributed by atoms with van der Waals surface area (Å²) in [6.07, 6.45) is 0.836. The molecule has 19 heavy (non-hydrogen) atoms. The van der Waals surface area contributed by atoms with Crippen molar-refractivity contribution in [3.05, 3.63) is 27.1 Å². The Labute approximate surface area is 113 Å². The predicted molar refractivity (Wildman–Crippen MR) is 73.6 cm³/mol. The highest BCUT2D eigenvalue weighted by Crippen LogP contribution is 2.26. The summed E-state index contributed by atoms with van der Waals surface area (Å²) in [4.78, 5) is 29.2. The number of carbonyl (C=O) groups is 1. The molecule has 1 amide bonds. The second-order valence-corrected chi connectivity index (χ2v) is 5.46. The number of rotatable bonds is 3. The smallest absolute Gasteiger partial charge is 0.262 e. The van der Waals surface area contributed by atoms with Gasteiger partial charge in [0.1, 0.15) is 4.83 Å². The van der Waals surface area contributed by atoms with Gasteiger partial charge in [0, 0.05) is 13.6 Å². The minimum atomic E-state index is -0.607. The van der Waals surface area contributed by atoms with E-state index in [1.54, 1.807) is 20.9 Å². The average molecular weight is 281 g/mol. The number of carbonyl (C=O) groups excluding carboxylic acids is 1. The summed E-state index contributed by atoms with van der Waals surface area (Å²) in [5.74, 6) is -0.288. The van der Waals surface area contributed by atoms with E-state index >= 15 is 0 Å². The Morgan fingerprint density at radius 3 is 2.95 bits per heavy atom. The van der Waals surface area contributed by atoms with Crippen molar-refractivity contribution in [3.8, 4) is 0 Å². The van der Waals surface area contributed by atoms with Crippen LogP contribution >= 0.6 is 11.3 Å². The van der Waals surface area contributed by atoms with Gasteiger partial charge in [-0.25, -0.2) is 4.98 Å². The summed E-state index contributed by atoms with van der Waals surface area (Å²) in [6, 6.07) is 0. The number of nitrogens with one attached hydrogen (secondary N) is 1. The van der Waals surface area contributed by atoms with E-state index in [4.69, 9.17) is 5.11 Å². The molecule has 0 radical (unpaired) electrons. The normalized spacial score (nSPS) is 12.6. The number of aliphatic hydroxyl groups excluding tert-OH is 1. The van der Waals surface area contributed by atoms with Gasteiger partial charge >= 0.3 is 0 Å². The number of nitrogens with zero attached hydrogens (tertiary/aromatic N) is 2.